The Balaban J connectivity index is 2.78. The smallest absolute Gasteiger partial charge is 0.331 e. The molecule has 1 unspecified atom stereocenters. The highest BCUT2D eigenvalue weighted by Crippen LogP contribution is 2.15. The van der Waals surface area contributed by atoms with Gasteiger partial charge in [0.05, 0.1) is 17.9 Å². The predicted octanol–water partition coefficient (Wildman–Crippen LogP) is 2.24. The van der Waals surface area contributed by atoms with E-state index in [0.717, 1.165) is 10.5 Å². The molecule has 0 N–H and O–H groups in total. The lowest BCUT2D eigenvalue weighted by atomic mass is 10.4. The van der Waals surface area contributed by atoms with Crippen molar-refractivity contribution in [3.05, 3.63) is 40.2 Å². The molecule has 1 aromatic carbocycles. The van der Waals surface area contributed by atoms with Crippen LogP contribution >= 0.6 is 15.9 Å². The van der Waals surface area contributed by atoms with Crippen molar-refractivity contribution in [2.24, 2.45) is 0 Å². The summed E-state index contributed by atoms with van der Waals surface area (Å²) in [6.45, 7) is 0. The van der Waals surface area contributed by atoms with Crippen LogP contribution in [0, 0.1) is 0 Å². The Labute approximate surface area is 98.7 Å². The first-order valence-electron chi connectivity index (χ1n) is 4.06. The van der Waals surface area contributed by atoms with Crippen molar-refractivity contribution >= 4 is 32.7 Å². The molecule has 5 heteroatoms. The average molecular weight is 289 g/mol. The highest BCUT2D eigenvalue weighted by molar-refractivity contribution is 9.10. The molecule has 1 atom stereocenters. The summed E-state index contributed by atoms with van der Waals surface area (Å²) in [5, 5.41) is 1.30. The van der Waals surface area contributed by atoms with Gasteiger partial charge in [0, 0.05) is 20.9 Å². The van der Waals surface area contributed by atoms with E-state index >= 15 is 0 Å². The lowest BCUT2D eigenvalue weighted by Crippen LogP contribution is -1.95. The molecular weight excluding hydrogens is 280 g/mol. The van der Waals surface area contributed by atoms with E-state index in [4.69, 9.17) is 0 Å². The fourth-order valence-electron chi connectivity index (χ4n) is 0.856. The molecule has 0 aromatic heterocycles. The van der Waals surface area contributed by atoms with Crippen molar-refractivity contribution in [2.75, 3.05) is 7.11 Å². The van der Waals surface area contributed by atoms with Crippen molar-refractivity contribution in [3.8, 4) is 0 Å². The Morgan fingerprint density at radius 3 is 2.87 bits per heavy atom. The molecule has 0 saturated heterocycles. The number of methoxy groups -OCH3 is 1. The van der Waals surface area contributed by atoms with Crippen molar-refractivity contribution in [3.63, 3.8) is 0 Å². The molecule has 0 fully saturated rings. The minimum Gasteiger partial charge on any atom is -0.466 e. The van der Waals surface area contributed by atoms with Crippen molar-refractivity contribution in [1.82, 2.24) is 0 Å². The van der Waals surface area contributed by atoms with E-state index in [1.165, 1.54) is 12.5 Å². The topological polar surface area (TPSA) is 43.4 Å². The molecule has 15 heavy (non-hydrogen) atoms. The van der Waals surface area contributed by atoms with Crippen LogP contribution in [0.2, 0.25) is 0 Å². The molecule has 1 rings (SSSR count). The van der Waals surface area contributed by atoms with Crippen LogP contribution in [-0.4, -0.2) is 17.3 Å². The minimum absolute atomic E-state index is 0.515. The number of rotatable bonds is 3. The van der Waals surface area contributed by atoms with Gasteiger partial charge < -0.3 is 4.74 Å². The van der Waals surface area contributed by atoms with Gasteiger partial charge in [0.1, 0.15) is 0 Å². The molecule has 0 amide bonds. The van der Waals surface area contributed by atoms with Gasteiger partial charge in [-0.15, -0.1) is 0 Å². The van der Waals surface area contributed by atoms with Gasteiger partial charge in [-0.05, 0) is 18.2 Å². The highest BCUT2D eigenvalue weighted by Gasteiger charge is 2.01. The van der Waals surface area contributed by atoms with Gasteiger partial charge in [-0.25, -0.2) is 9.00 Å². The Hall–Kier alpha value is -0.940. The summed E-state index contributed by atoms with van der Waals surface area (Å²) >= 11 is 3.27. The van der Waals surface area contributed by atoms with Gasteiger partial charge in [-0.1, -0.05) is 22.0 Å². The van der Waals surface area contributed by atoms with E-state index in [2.05, 4.69) is 20.7 Å². The largest absolute Gasteiger partial charge is 0.466 e. The SMILES string of the molecule is COC(=O)/C=C/S(=O)c1cccc(Br)c1. The maximum absolute atomic E-state index is 11.6. The molecule has 0 spiro atoms. The summed E-state index contributed by atoms with van der Waals surface area (Å²) in [7, 11) is -0.0547. The molecule has 80 valence electrons. The maximum atomic E-state index is 11.6. The first-order valence-corrected chi connectivity index (χ1v) is 6.06. The average Bonchev–Trinajstić information content (AvgIpc) is 2.25. The molecule has 0 aliphatic rings. The molecule has 0 heterocycles. The second-order valence-corrected chi connectivity index (χ2v) is 4.83. The van der Waals surface area contributed by atoms with E-state index in [0.29, 0.717) is 4.90 Å². The van der Waals surface area contributed by atoms with Crippen LogP contribution in [0.3, 0.4) is 0 Å². The van der Waals surface area contributed by atoms with Gasteiger partial charge in [-0.3, -0.25) is 0 Å². The van der Waals surface area contributed by atoms with Gasteiger partial charge in [0.15, 0.2) is 0 Å². The molecule has 1 aromatic rings. The number of hydrogen-bond acceptors (Lipinski definition) is 3. The first-order chi connectivity index (χ1) is 7.13. The third-order valence-electron chi connectivity index (χ3n) is 1.56. The Kier molecular flexibility index (Phi) is 4.71. The van der Waals surface area contributed by atoms with Gasteiger partial charge >= 0.3 is 5.97 Å². The quantitative estimate of drug-likeness (QED) is 0.633. The zero-order valence-corrected chi connectivity index (χ0v) is 10.4. The van der Waals surface area contributed by atoms with E-state index in [9.17, 15) is 9.00 Å². The van der Waals surface area contributed by atoms with Crippen LogP contribution in [0.25, 0.3) is 0 Å². The Morgan fingerprint density at radius 2 is 2.27 bits per heavy atom. The molecule has 0 radical (unpaired) electrons. The lowest BCUT2D eigenvalue weighted by molar-refractivity contribution is -0.134. The second kappa shape index (κ2) is 5.82. The predicted molar refractivity (Wildman–Crippen MR) is 61.7 cm³/mol. The van der Waals surface area contributed by atoms with Gasteiger partial charge in [0.2, 0.25) is 0 Å². The third kappa shape index (κ3) is 3.97. The van der Waals surface area contributed by atoms with Crippen LogP contribution < -0.4 is 0 Å². The highest BCUT2D eigenvalue weighted by atomic mass is 79.9. The normalized spacial score (nSPS) is 12.7. The lowest BCUT2D eigenvalue weighted by Gasteiger charge is -1.96. The number of carbonyl (C=O) groups excluding carboxylic acids is 1. The number of benzene rings is 1. The Morgan fingerprint density at radius 1 is 1.53 bits per heavy atom. The first kappa shape index (κ1) is 12.1. The van der Waals surface area contributed by atoms with E-state index in [-0.39, 0.29) is 0 Å². The van der Waals surface area contributed by atoms with E-state index in [1.54, 1.807) is 18.2 Å². The summed E-state index contributed by atoms with van der Waals surface area (Å²) < 4.78 is 16.9. The van der Waals surface area contributed by atoms with Crippen LogP contribution in [0.4, 0.5) is 0 Å². The van der Waals surface area contributed by atoms with Crippen molar-refractivity contribution < 1.29 is 13.7 Å². The molecule has 0 aliphatic heterocycles. The third-order valence-corrected chi connectivity index (χ3v) is 3.15. The van der Waals surface area contributed by atoms with Gasteiger partial charge in [0.25, 0.3) is 0 Å². The fraction of sp³-hybridized carbons (Fsp3) is 0.100. The molecule has 0 saturated carbocycles. The second-order valence-electron chi connectivity index (χ2n) is 2.58. The number of ether oxygens (including phenoxy) is 1. The maximum Gasteiger partial charge on any atom is 0.331 e. The van der Waals surface area contributed by atoms with E-state index < -0.39 is 16.8 Å². The molecule has 3 nitrogen and oxygen atoms in total. The Bertz CT molecular complexity index is 415. The number of halogens is 1. The van der Waals surface area contributed by atoms with Crippen LogP contribution in [0.15, 0.2) is 45.1 Å². The standard InChI is InChI=1S/C10H9BrO3S/c1-14-10(12)5-6-15(13)9-4-2-3-8(11)7-9/h2-7H,1H3/b6-5+. The monoisotopic (exact) mass is 288 g/mol. The molecular formula is C10H9BrO3S. The molecule has 0 aliphatic carbocycles. The summed E-state index contributed by atoms with van der Waals surface area (Å²) in [5.74, 6) is -0.515. The van der Waals surface area contributed by atoms with Crippen molar-refractivity contribution in [2.45, 2.75) is 4.90 Å². The number of carbonyl (C=O) groups is 1. The van der Waals surface area contributed by atoms with Crippen LogP contribution in [-0.2, 0) is 20.3 Å². The summed E-state index contributed by atoms with van der Waals surface area (Å²) in [6, 6.07) is 7.08. The number of esters is 1. The van der Waals surface area contributed by atoms with Gasteiger partial charge in [-0.2, -0.15) is 0 Å². The summed E-state index contributed by atoms with van der Waals surface area (Å²) in [5.41, 5.74) is 0. The summed E-state index contributed by atoms with van der Waals surface area (Å²) in [4.78, 5) is 11.4. The summed E-state index contributed by atoms with van der Waals surface area (Å²) in [6.07, 6.45) is 1.15. The molecule has 0 bridgehead atoms. The van der Waals surface area contributed by atoms with Crippen LogP contribution in [0.5, 0.6) is 0 Å². The fourth-order valence-corrected chi connectivity index (χ4v) is 2.25. The minimum atomic E-state index is -1.33. The van der Waals surface area contributed by atoms with E-state index in [1.807, 2.05) is 6.07 Å². The number of hydrogen-bond donors (Lipinski definition) is 0. The van der Waals surface area contributed by atoms with Crippen LogP contribution in [0.1, 0.15) is 0 Å². The zero-order chi connectivity index (χ0) is 11.3. The zero-order valence-electron chi connectivity index (χ0n) is 7.98. The van der Waals surface area contributed by atoms with Crippen molar-refractivity contribution in [1.29, 1.82) is 0 Å².